The number of benzene rings is 2. The second kappa shape index (κ2) is 6.85. The average molecular weight is 377 g/mol. The Morgan fingerprint density at radius 1 is 1.23 bits per heavy atom. The van der Waals surface area contributed by atoms with Gasteiger partial charge in [-0.15, -0.1) is 0 Å². The molecule has 9 heteroatoms. The van der Waals surface area contributed by atoms with Crippen molar-refractivity contribution in [1.29, 1.82) is 0 Å². The first-order chi connectivity index (χ1) is 12.2. The third-order valence-electron chi connectivity index (χ3n) is 4.09. The van der Waals surface area contributed by atoms with Crippen molar-refractivity contribution >= 4 is 27.5 Å². The van der Waals surface area contributed by atoms with E-state index in [2.05, 4.69) is 10.6 Å². The summed E-state index contributed by atoms with van der Waals surface area (Å²) in [5, 5.41) is 10.3. The molecule has 2 amide bonds. The number of amides is 2. The molecule has 1 aliphatic heterocycles. The molecule has 26 heavy (non-hydrogen) atoms. The van der Waals surface area contributed by atoms with E-state index < -0.39 is 27.7 Å². The Balaban J connectivity index is 1.73. The molecule has 0 bridgehead atoms. The van der Waals surface area contributed by atoms with Crippen molar-refractivity contribution in [3.05, 3.63) is 59.4 Å². The molecular weight excluding hydrogens is 361 g/mol. The molecule has 7 nitrogen and oxygen atoms in total. The molecule has 2 aromatic carbocycles. The van der Waals surface area contributed by atoms with Gasteiger partial charge in [-0.05, 0) is 41.5 Å². The fraction of sp³-hybridized carbons (Fsp3) is 0.176. The van der Waals surface area contributed by atoms with Crippen LogP contribution >= 0.6 is 0 Å². The second-order valence-electron chi connectivity index (χ2n) is 5.94. The van der Waals surface area contributed by atoms with Crippen LogP contribution in [0.15, 0.2) is 47.4 Å². The number of carbonyl (C=O) groups excluding carboxylic acids is 2. The van der Waals surface area contributed by atoms with Gasteiger partial charge in [0.05, 0.1) is 10.8 Å². The summed E-state index contributed by atoms with van der Waals surface area (Å²) in [6, 6.07) is 9.62. The van der Waals surface area contributed by atoms with Gasteiger partial charge in [0.2, 0.25) is 21.8 Å². The molecule has 0 fully saturated rings. The maximum Gasteiger partial charge on any atom is 0.238 e. The van der Waals surface area contributed by atoms with Gasteiger partial charge >= 0.3 is 0 Å². The van der Waals surface area contributed by atoms with Gasteiger partial charge in [0.25, 0.3) is 0 Å². The molecule has 4 N–H and O–H groups in total. The van der Waals surface area contributed by atoms with Crippen molar-refractivity contribution < 1.29 is 22.4 Å². The van der Waals surface area contributed by atoms with E-state index in [4.69, 9.17) is 5.14 Å². The third-order valence-corrected chi connectivity index (χ3v) is 5.02. The first-order valence-corrected chi connectivity index (χ1v) is 9.27. The van der Waals surface area contributed by atoms with Crippen molar-refractivity contribution in [2.75, 3.05) is 5.32 Å². The number of anilines is 1. The van der Waals surface area contributed by atoms with Gasteiger partial charge in [0.15, 0.2) is 0 Å². The Labute approximate surface area is 149 Å². The minimum Gasteiger partial charge on any atom is -0.351 e. The lowest BCUT2D eigenvalue weighted by atomic mass is 9.89. The standard InChI is InChI=1S/C17H16FN3O4S/c18-11-3-6-15-13(7-11)14(8-16(22)21-15)17(23)20-9-10-1-4-12(5-2-10)26(19,24)25/h1-7,14H,8-9H2,(H,20,23)(H,21,22)(H2,19,24,25). The highest BCUT2D eigenvalue weighted by Gasteiger charge is 2.30. The van der Waals surface area contributed by atoms with E-state index in [1.54, 1.807) is 0 Å². The summed E-state index contributed by atoms with van der Waals surface area (Å²) in [6.07, 6.45) is -0.0767. The van der Waals surface area contributed by atoms with Crippen LogP contribution in [0.4, 0.5) is 10.1 Å². The van der Waals surface area contributed by atoms with Crippen molar-refractivity contribution in [2.45, 2.75) is 23.8 Å². The van der Waals surface area contributed by atoms with Crippen LogP contribution in [0.2, 0.25) is 0 Å². The van der Waals surface area contributed by atoms with Crippen LogP contribution < -0.4 is 15.8 Å². The zero-order chi connectivity index (χ0) is 18.9. The van der Waals surface area contributed by atoms with Gasteiger partial charge in [0, 0.05) is 18.7 Å². The summed E-state index contributed by atoms with van der Waals surface area (Å²) >= 11 is 0. The fourth-order valence-electron chi connectivity index (χ4n) is 2.78. The molecule has 1 heterocycles. The Hall–Kier alpha value is -2.78. The number of nitrogens with two attached hydrogens (primary N) is 1. The lowest BCUT2D eigenvalue weighted by Gasteiger charge is -2.25. The van der Waals surface area contributed by atoms with E-state index in [-0.39, 0.29) is 23.8 Å². The number of rotatable bonds is 4. The first-order valence-electron chi connectivity index (χ1n) is 7.73. The largest absolute Gasteiger partial charge is 0.351 e. The molecule has 0 saturated carbocycles. The number of primary sulfonamides is 1. The summed E-state index contributed by atoms with van der Waals surface area (Å²) in [5.41, 5.74) is 1.50. The van der Waals surface area contributed by atoms with Crippen molar-refractivity contribution in [3.8, 4) is 0 Å². The number of hydrogen-bond donors (Lipinski definition) is 3. The van der Waals surface area contributed by atoms with E-state index >= 15 is 0 Å². The van der Waals surface area contributed by atoms with Gasteiger partial charge in [-0.2, -0.15) is 0 Å². The Bertz CT molecular complexity index is 974. The van der Waals surface area contributed by atoms with Crippen LogP contribution in [0, 0.1) is 5.82 Å². The molecular formula is C17H16FN3O4S. The minimum atomic E-state index is -3.78. The summed E-state index contributed by atoms with van der Waals surface area (Å²) in [7, 11) is -3.78. The van der Waals surface area contributed by atoms with E-state index in [9.17, 15) is 22.4 Å². The number of hydrogen-bond acceptors (Lipinski definition) is 4. The average Bonchev–Trinajstić information content (AvgIpc) is 2.59. The van der Waals surface area contributed by atoms with Crippen LogP contribution in [0.25, 0.3) is 0 Å². The van der Waals surface area contributed by atoms with Gasteiger partial charge in [-0.25, -0.2) is 17.9 Å². The first kappa shape index (κ1) is 18.0. The van der Waals surface area contributed by atoms with Gasteiger partial charge in [-0.1, -0.05) is 12.1 Å². The van der Waals surface area contributed by atoms with Crippen molar-refractivity contribution in [1.82, 2.24) is 5.32 Å². The lowest BCUT2D eigenvalue weighted by Crippen LogP contribution is -2.34. The predicted molar refractivity (Wildman–Crippen MR) is 92.0 cm³/mol. The van der Waals surface area contributed by atoms with E-state index in [1.807, 2.05) is 0 Å². The van der Waals surface area contributed by atoms with Crippen LogP contribution in [0.5, 0.6) is 0 Å². The van der Waals surface area contributed by atoms with E-state index in [0.29, 0.717) is 16.8 Å². The highest BCUT2D eigenvalue weighted by molar-refractivity contribution is 7.89. The lowest BCUT2D eigenvalue weighted by molar-refractivity contribution is -0.126. The number of fused-ring (bicyclic) bond motifs is 1. The number of nitrogens with one attached hydrogen (secondary N) is 2. The zero-order valence-corrected chi connectivity index (χ0v) is 14.3. The molecule has 0 spiro atoms. The number of halogens is 1. The molecule has 136 valence electrons. The summed E-state index contributed by atoms with van der Waals surface area (Å²) < 4.78 is 36.0. The predicted octanol–water partition coefficient (Wildman–Crippen LogP) is 1.22. The Morgan fingerprint density at radius 2 is 1.92 bits per heavy atom. The third kappa shape index (κ3) is 3.89. The smallest absolute Gasteiger partial charge is 0.238 e. The monoisotopic (exact) mass is 377 g/mol. The van der Waals surface area contributed by atoms with Crippen molar-refractivity contribution in [2.24, 2.45) is 5.14 Å². The normalized spacial score (nSPS) is 16.5. The number of sulfonamides is 1. The summed E-state index contributed by atoms with van der Waals surface area (Å²) in [4.78, 5) is 24.2. The SMILES string of the molecule is NS(=O)(=O)c1ccc(CNC(=O)C2CC(=O)Nc3ccc(F)cc32)cc1. The van der Waals surface area contributed by atoms with Gasteiger partial charge in [-0.3, -0.25) is 9.59 Å². The molecule has 1 aliphatic rings. The van der Waals surface area contributed by atoms with Crippen molar-refractivity contribution in [3.63, 3.8) is 0 Å². The second-order valence-corrected chi connectivity index (χ2v) is 7.50. The van der Waals surface area contributed by atoms with Gasteiger partial charge < -0.3 is 10.6 Å². The van der Waals surface area contributed by atoms with Crippen LogP contribution in [-0.2, 0) is 26.2 Å². The molecule has 0 aliphatic carbocycles. The Kier molecular flexibility index (Phi) is 4.75. The van der Waals surface area contributed by atoms with Gasteiger partial charge in [0.1, 0.15) is 5.82 Å². The van der Waals surface area contributed by atoms with Crippen LogP contribution in [-0.4, -0.2) is 20.2 Å². The van der Waals surface area contributed by atoms with Crippen LogP contribution in [0.1, 0.15) is 23.5 Å². The minimum absolute atomic E-state index is 0.0269. The molecule has 0 radical (unpaired) electrons. The maximum absolute atomic E-state index is 13.5. The summed E-state index contributed by atoms with van der Waals surface area (Å²) in [6.45, 7) is 0.131. The zero-order valence-electron chi connectivity index (χ0n) is 13.5. The molecule has 0 saturated heterocycles. The highest BCUT2D eigenvalue weighted by Crippen LogP contribution is 2.32. The molecule has 2 aromatic rings. The molecule has 0 aromatic heterocycles. The van der Waals surface area contributed by atoms with Crippen LogP contribution in [0.3, 0.4) is 0 Å². The molecule has 1 atom stereocenters. The molecule has 3 rings (SSSR count). The highest BCUT2D eigenvalue weighted by atomic mass is 32.2. The van der Waals surface area contributed by atoms with E-state index in [0.717, 1.165) is 0 Å². The summed E-state index contributed by atoms with van der Waals surface area (Å²) in [5.74, 6) is -2.02. The van der Waals surface area contributed by atoms with E-state index in [1.165, 1.54) is 42.5 Å². The Morgan fingerprint density at radius 3 is 2.58 bits per heavy atom. The topological polar surface area (TPSA) is 118 Å². The maximum atomic E-state index is 13.5. The number of carbonyl (C=O) groups is 2. The fourth-order valence-corrected chi connectivity index (χ4v) is 3.29. The molecule has 1 unspecified atom stereocenters. The quantitative estimate of drug-likeness (QED) is 0.742.